The molecule has 2 rings (SSSR count). The van der Waals surface area contributed by atoms with Gasteiger partial charge in [-0.15, -0.1) is 11.3 Å². The Labute approximate surface area is 152 Å². The lowest BCUT2D eigenvalue weighted by Gasteiger charge is -2.16. The number of nitrogens with one attached hydrogen (secondary N) is 2. The Kier molecular flexibility index (Phi) is 7.16. The van der Waals surface area contributed by atoms with Gasteiger partial charge in [0.15, 0.2) is 6.54 Å². The summed E-state index contributed by atoms with van der Waals surface area (Å²) < 4.78 is 0. The summed E-state index contributed by atoms with van der Waals surface area (Å²) in [4.78, 5) is 24.0. The number of carbonyl (C=O) groups excluding carboxylic acids is 2. The molecule has 2 atom stereocenters. The average Bonchev–Trinajstić information content (AvgIpc) is 3.14. The van der Waals surface area contributed by atoms with E-state index in [1.165, 1.54) is 22.9 Å². The molecule has 4 N–H and O–H groups in total. The van der Waals surface area contributed by atoms with Crippen molar-refractivity contribution in [3.63, 3.8) is 0 Å². The molecule has 1 aromatic carbocycles. The Hall–Kier alpha value is -2.18. The van der Waals surface area contributed by atoms with E-state index < -0.39 is 0 Å². The van der Waals surface area contributed by atoms with Crippen molar-refractivity contribution in [3.05, 3.63) is 57.8 Å². The van der Waals surface area contributed by atoms with E-state index in [0.717, 1.165) is 6.42 Å². The molecule has 0 aliphatic carbocycles. The van der Waals surface area contributed by atoms with E-state index in [1.54, 1.807) is 11.3 Å². The Morgan fingerprint density at radius 1 is 1.12 bits per heavy atom. The molecule has 6 heteroatoms. The van der Waals surface area contributed by atoms with Gasteiger partial charge in [-0.2, -0.15) is 0 Å². The van der Waals surface area contributed by atoms with Crippen molar-refractivity contribution in [3.8, 4) is 0 Å². The molecule has 2 aromatic rings. The standard InChI is InChI=1S/C19H25N3O2S/c1-4-13(2)15-7-9-16(10-8-15)19(17-6-5-11-25-17)20-12-18(24)22-21-14(3)23/h5-11,13,19-20H,4,12H2,1-3H3,(H,21,23)(H,22,24)/p+1/t13-,19-/m0/s1. The zero-order valence-electron chi connectivity index (χ0n) is 14.9. The van der Waals surface area contributed by atoms with Gasteiger partial charge in [0, 0.05) is 12.5 Å². The molecule has 5 nitrogen and oxygen atoms in total. The van der Waals surface area contributed by atoms with Crippen LogP contribution < -0.4 is 16.2 Å². The molecule has 134 valence electrons. The molecule has 1 aromatic heterocycles. The van der Waals surface area contributed by atoms with Crippen LogP contribution in [0.15, 0.2) is 41.8 Å². The molecule has 25 heavy (non-hydrogen) atoms. The van der Waals surface area contributed by atoms with E-state index in [1.807, 2.05) is 16.8 Å². The first-order chi connectivity index (χ1) is 12.0. The quantitative estimate of drug-likeness (QED) is 0.661. The Morgan fingerprint density at radius 3 is 2.36 bits per heavy atom. The highest BCUT2D eigenvalue weighted by Gasteiger charge is 2.20. The number of hydrazine groups is 1. The van der Waals surface area contributed by atoms with E-state index in [4.69, 9.17) is 0 Å². The fraction of sp³-hybridized carbons (Fsp3) is 0.368. The molecule has 0 bridgehead atoms. The fourth-order valence-corrected chi connectivity index (χ4v) is 3.44. The summed E-state index contributed by atoms with van der Waals surface area (Å²) in [6, 6.07) is 12.8. The van der Waals surface area contributed by atoms with Gasteiger partial charge in [-0.25, -0.2) is 0 Å². The molecule has 0 radical (unpaired) electrons. The first-order valence-electron chi connectivity index (χ1n) is 8.53. The molecule has 0 aliphatic rings. The summed E-state index contributed by atoms with van der Waals surface area (Å²) in [6.45, 7) is 6.01. The predicted octanol–water partition coefficient (Wildman–Crippen LogP) is 2.08. The second-order valence-electron chi connectivity index (χ2n) is 6.14. The molecule has 0 saturated heterocycles. The molecular weight excluding hydrogens is 334 g/mol. The summed E-state index contributed by atoms with van der Waals surface area (Å²) >= 11 is 1.68. The van der Waals surface area contributed by atoms with Gasteiger partial charge in [-0.1, -0.05) is 44.2 Å². The van der Waals surface area contributed by atoms with Gasteiger partial charge in [0.25, 0.3) is 5.91 Å². The van der Waals surface area contributed by atoms with Crippen LogP contribution in [-0.2, 0) is 9.59 Å². The number of amides is 2. The number of benzene rings is 1. The lowest BCUT2D eigenvalue weighted by molar-refractivity contribution is -0.676. The number of quaternary nitrogens is 1. The van der Waals surface area contributed by atoms with E-state index in [9.17, 15) is 9.59 Å². The maximum atomic E-state index is 11.9. The van der Waals surface area contributed by atoms with Gasteiger partial charge in [0.2, 0.25) is 5.91 Å². The monoisotopic (exact) mass is 360 g/mol. The van der Waals surface area contributed by atoms with Gasteiger partial charge in [0.05, 0.1) is 4.88 Å². The molecule has 2 amide bonds. The topological polar surface area (TPSA) is 74.8 Å². The van der Waals surface area contributed by atoms with Crippen molar-refractivity contribution in [1.82, 2.24) is 10.9 Å². The SMILES string of the molecule is CC[C@H](C)c1ccc([C@H]([NH2+]CC(=O)NNC(C)=O)c2cccs2)cc1. The second-order valence-corrected chi connectivity index (χ2v) is 7.12. The number of nitrogens with two attached hydrogens (primary N) is 1. The van der Waals surface area contributed by atoms with Crippen molar-refractivity contribution in [2.75, 3.05) is 6.54 Å². The summed E-state index contributed by atoms with van der Waals surface area (Å²) in [5.41, 5.74) is 7.21. The van der Waals surface area contributed by atoms with Crippen LogP contribution in [0.2, 0.25) is 0 Å². The van der Waals surface area contributed by atoms with Crippen molar-refractivity contribution in [2.24, 2.45) is 0 Å². The summed E-state index contributed by atoms with van der Waals surface area (Å²) in [5.74, 6) is 0.0263. The number of hydrogen-bond donors (Lipinski definition) is 3. The normalized spacial score (nSPS) is 13.1. The van der Waals surface area contributed by atoms with E-state index in [2.05, 4.69) is 55.0 Å². The molecule has 0 fully saturated rings. The zero-order chi connectivity index (χ0) is 18.2. The summed E-state index contributed by atoms with van der Waals surface area (Å²) in [5, 5.41) is 4.03. The van der Waals surface area contributed by atoms with Crippen LogP contribution in [0.4, 0.5) is 0 Å². The van der Waals surface area contributed by atoms with Crippen molar-refractivity contribution < 1.29 is 14.9 Å². The first-order valence-corrected chi connectivity index (χ1v) is 9.41. The third-order valence-corrected chi connectivity index (χ3v) is 5.20. The Morgan fingerprint density at radius 2 is 1.80 bits per heavy atom. The predicted molar refractivity (Wildman–Crippen MR) is 100 cm³/mol. The minimum Gasteiger partial charge on any atom is -0.328 e. The largest absolute Gasteiger partial charge is 0.328 e. The highest BCUT2D eigenvalue weighted by molar-refractivity contribution is 7.10. The molecule has 1 heterocycles. The third-order valence-electron chi connectivity index (χ3n) is 4.24. The minimum atomic E-state index is -0.288. The molecule has 0 aliphatic heterocycles. The maximum Gasteiger partial charge on any atom is 0.293 e. The van der Waals surface area contributed by atoms with Crippen LogP contribution in [-0.4, -0.2) is 18.4 Å². The lowest BCUT2D eigenvalue weighted by Crippen LogP contribution is -2.88. The first kappa shape index (κ1) is 19.1. The number of thiophene rings is 1. The zero-order valence-corrected chi connectivity index (χ0v) is 15.7. The van der Waals surface area contributed by atoms with Gasteiger partial charge in [-0.05, 0) is 29.3 Å². The number of carbonyl (C=O) groups is 2. The Bertz CT molecular complexity index is 683. The van der Waals surface area contributed by atoms with Crippen LogP contribution in [0.25, 0.3) is 0 Å². The summed E-state index contributed by atoms with van der Waals surface area (Å²) in [7, 11) is 0. The van der Waals surface area contributed by atoms with Gasteiger partial charge in [-0.3, -0.25) is 20.4 Å². The van der Waals surface area contributed by atoms with Crippen LogP contribution in [0.1, 0.15) is 55.2 Å². The van der Waals surface area contributed by atoms with E-state index in [0.29, 0.717) is 5.92 Å². The molecule has 0 spiro atoms. The minimum absolute atomic E-state index is 0.0639. The van der Waals surface area contributed by atoms with Crippen molar-refractivity contribution in [1.29, 1.82) is 0 Å². The Balaban J connectivity index is 2.09. The van der Waals surface area contributed by atoms with Crippen LogP contribution in [0.3, 0.4) is 0 Å². The fourth-order valence-electron chi connectivity index (χ4n) is 2.59. The number of rotatable bonds is 7. The van der Waals surface area contributed by atoms with Gasteiger partial charge < -0.3 is 5.32 Å². The van der Waals surface area contributed by atoms with Crippen LogP contribution in [0, 0.1) is 0 Å². The van der Waals surface area contributed by atoms with Crippen molar-refractivity contribution in [2.45, 2.75) is 39.2 Å². The molecular formula is C19H26N3O2S+. The molecule has 0 unspecified atom stereocenters. The molecule has 0 saturated carbocycles. The smallest absolute Gasteiger partial charge is 0.293 e. The summed E-state index contributed by atoms with van der Waals surface area (Å²) in [6.07, 6.45) is 1.11. The van der Waals surface area contributed by atoms with Crippen molar-refractivity contribution >= 4 is 23.2 Å². The van der Waals surface area contributed by atoms with Crippen LogP contribution in [0.5, 0.6) is 0 Å². The van der Waals surface area contributed by atoms with Gasteiger partial charge in [0.1, 0.15) is 6.04 Å². The average molecular weight is 361 g/mol. The van der Waals surface area contributed by atoms with Gasteiger partial charge >= 0.3 is 0 Å². The lowest BCUT2D eigenvalue weighted by atomic mass is 9.95. The number of hydrogen-bond acceptors (Lipinski definition) is 3. The van der Waals surface area contributed by atoms with E-state index >= 15 is 0 Å². The highest BCUT2D eigenvalue weighted by Crippen LogP contribution is 2.25. The van der Waals surface area contributed by atoms with Crippen LogP contribution >= 0.6 is 11.3 Å². The maximum absolute atomic E-state index is 11.9. The second kappa shape index (κ2) is 9.34. The highest BCUT2D eigenvalue weighted by atomic mass is 32.1. The van der Waals surface area contributed by atoms with E-state index in [-0.39, 0.29) is 24.4 Å². The third kappa shape index (κ3) is 5.69.